The van der Waals surface area contributed by atoms with E-state index in [0.29, 0.717) is 0 Å². The predicted octanol–water partition coefficient (Wildman–Crippen LogP) is 0.271. The van der Waals surface area contributed by atoms with Crippen LogP contribution in [0.4, 0.5) is 0 Å². The fourth-order valence-corrected chi connectivity index (χ4v) is 1.47. The van der Waals surface area contributed by atoms with Crippen LogP contribution in [0.2, 0.25) is 0 Å². The molecular formula is C9H14N4. The molecule has 1 N–H and O–H groups in total. The third-order valence-electron chi connectivity index (χ3n) is 2.45. The highest BCUT2D eigenvalue weighted by Crippen LogP contribution is 2.08. The molecule has 0 saturated heterocycles. The Kier molecular flexibility index (Phi) is 2.14. The topological polar surface area (TPSA) is 42.2 Å². The van der Waals surface area contributed by atoms with Crippen molar-refractivity contribution in [2.45, 2.75) is 19.5 Å². The van der Waals surface area contributed by atoms with Crippen LogP contribution >= 0.6 is 0 Å². The minimum absolute atomic E-state index is 0.230. The molecule has 70 valence electrons. The minimum atomic E-state index is 0.230. The first-order valence-electron chi connectivity index (χ1n) is 4.49. The van der Waals surface area contributed by atoms with Crippen molar-refractivity contribution < 1.29 is 0 Å². The smallest absolute Gasteiger partial charge is 0.105 e. The molecule has 2 rings (SSSR count). The average Bonchev–Trinajstić information content (AvgIpc) is 2.71. The van der Waals surface area contributed by atoms with Crippen LogP contribution in [0.3, 0.4) is 0 Å². The van der Waals surface area contributed by atoms with Crippen molar-refractivity contribution in [3.05, 3.63) is 17.7 Å². The molecule has 1 aromatic heterocycles. The van der Waals surface area contributed by atoms with Crippen LogP contribution in [0.15, 0.2) is 11.3 Å². The van der Waals surface area contributed by atoms with Gasteiger partial charge < -0.3 is 4.57 Å². The maximum Gasteiger partial charge on any atom is 0.105 e. The first-order valence-corrected chi connectivity index (χ1v) is 4.49. The highest BCUT2D eigenvalue weighted by molar-refractivity contribution is 5.62. The molecule has 0 amide bonds. The molecule has 1 aliphatic rings. The summed E-state index contributed by atoms with van der Waals surface area (Å²) in [7, 11) is 2.01. The SMILES string of the molecule is Cc1c(CC2N=CCN2)ncn1C. The maximum absolute atomic E-state index is 4.33. The third kappa shape index (κ3) is 1.62. The van der Waals surface area contributed by atoms with Gasteiger partial charge in [0.15, 0.2) is 0 Å². The monoisotopic (exact) mass is 178 g/mol. The molecule has 1 aliphatic heterocycles. The molecule has 0 bridgehead atoms. The Morgan fingerprint density at radius 2 is 2.54 bits per heavy atom. The lowest BCUT2D eigenvalue weighted by Gasteiger charge is -2.06. The Bertz CT molecular complexity index is 326. The highest BCUT2D eigenvalue weighted by Gasteiger charge is 2.13. The van der Waals surface area contributed by atoms with E-state index in [1.807, 2.05) is 24.2 Å². The van der Waals surface area contributed by atoms with Crippen molar-refractivity contribution in [1.29, 1.82) is 0 Å². The number of rotatable bonds is 2. The van der Waals surface area contributed by atoms with E-state index in [0.717, 1.165) is 18.7 Å². The highest BCUT2D eigenvalue weighted by atomic mass is 15.1. The summed E-state index contributed by atoms with van der Waals surface area (Å²) in [5.74, 6) is 0. The van der Waals surface area contributed by atoms with Gasteiger partial charge in [-0.15, -0.1) is 0 Å². The molecule has 0 saturated carbocycles. The lowest BCUT2D eigenvalue weighted by molar-refractivity contribution is 0.592. The number of nitrogens with zero attached hydrogens (tertiary/aromatic N) is 3. The minimum Gasteiger partial charge on any atom is -0.338 e. The number of hydrogen-bond donors (Lipinski definition) is 1. The zero-order valence-electron chi connectivity index (χ0n) is 7.99. The first kappa shape index (κ1) is 8.44. The number of imidazole rings is 1. The zero-order valence-corrected chi connectivity index (χ0v) is 7.99. The fraction of sp³-hybridized carbons (Fsp3) is 0.556. The van der Waals surface area contributed by atoms with Gasteiger partial charge in [0.05, 0.1) is 12.0 Å². The summed E-state index contributed by atoms with van der Waals surface area (Å²) >= 11 is 0. The van der Waals surface area contributed by atoms with E-state index in [2.05, 4.69) is 22.2 Å². The normalized spacial score (nSPS) is 21.2. The van der Waals surface area contributed by atoms with Gasteiger partial charge in [-0.3, -0.25) is 10.3 Å². The van der Waals surface area contributed by atoms with Gasteiger partial charge in [0.2, 0.25) is 0 Å². The third-order valence-corrected chi connectivity index (χ3v) is 2.45. The predicted molar refractivity (Wildman–Crippen MR) is 51.9 cm³/mol. The lowest BCUT2D eigenvalue weighted by atomic mass is 10.2. The van der Waals surface area contributed by atoms with Gasteiger partial charge >= 0.3 is 0 Å². The zero-order chi connectivity index (χ0) is 9.26. The molecule has 13 heavy (non-hydrogen) atoms. The van der Waals surface area contributed by atoms with Gasteiger partial charge in [0.25, 0.3) is 0 Å². The van der Waals surface area contributed by atoms with Crippen LogP contribution in [0, 0.1) is 6.92 Å². The number of nitrogens with one attached hydrogen (secondary N) is 1. The molecule has 1 unspecified atom stereocenters. The summed E-state index contributed by atoms with van der Waals surface area (Å²) in [5.41, 5.74) is 2.36. The van der Waals surface area contributed by atoms with Gasteiger partial charge in [-0.05, 0) is 6.92 Å². The Labute approximate surface area is 77.7 Å². The second-order valence-electron chi connectivity index (χ2n) is 3.35. The van der Waals surface area contributed by atoms with E-state index in [1.54, 1.807) is 0 Å². The summed E-state index contributed by atoms with van der Waals surface area (Å²) in [6.07, 6.45) is 4.89. The molecule has 1 atom stereocenters. The number of aliphatic imine (C=N–C) groups is 1. The van der Waals surface area contributed by atoms with Gasteiger partial charge in [-0.2, -0.15) is 0 Å². The van der Waals surface area contributed by atoms with E-state index < -0.39 is 0 Å². The van der Waals surface area contributed by atoms with Crippen molar-refractivity contribution in [2.24, 2.45) is 12.0 Å². The van der Waals surface area contributed by atoms with Gasteiger partial charge in [-0.25, -0.2) is 4.98 Å². The second kappa shape index (κ2) is 3.30. The second-order valence-corrected chi connectivity index (χ2v) is 3.35. The quantitative estimate of drug-likeness (QED) is 0.706. The maximum atomic E-state index is 4.33. The van der Waals surface area contributed by atoms with Gasteiger partial charge in [-0.1, -0.05) is 0 Å². The summed E-state index contributed by atoms with van der Waals surface area (Å²) in [6, 6.07) is 0. The molecule has 2 heterocycles. The molecule has 4 nitrogen and oxygen atoms in total. The Balaban J connectivity index is 2.09. The Hall–Kier alpha value is -1.16. The first-order chi connectivity index (χ1) is 6.27. The molecule has 1 aromatic rings. The summed E-state index contributed by atoms with van der Waals surface area (Å²) in [6.45, 7) is 2.97. The number of aryl methyl sites for hydroxylation is 1. The van der Waals surface area contributed by atoms with Crippen LogP contribution in [-0.4, -0.2) is 28.5 Å². The van der Waals surface area contributed by atoms with E-state index in [1.165, 1.54) is 5.69 Å². The van der Waals surface area contributed by atoms with Crippen LogP contribution in [0.1, 0.15) is 11.4 Å². The van der Waals surface area contributed by atoms with Crippen molar-refractivity contribution in [1.82, 2.24) is 14.9 Å². The van der Waals surface area contributed by atoms with Crippen LogP contribution in [0.25, 0.3) is 0 Å². The fourth-order valence-electron chi connectivity index (χ4n) is 1.47. The molecule has 0 radical (unpaired) electrons. The largest absolute Gasteiger partial charge is 0.338 e. The van der Waals surface area contributed by atoms with Gasteiger partial charge in [0, 0.05) is 31.9 Å². The van der Waals surface area contributed by atoms with Crippen molar-refractivity contribution in [3.8, 4) is 0 Å². The summed E-state index contributed by atoms with van der Waals surface area (Å²) in [5, 5.41) is 3.27. The summed E-state index contributed by atoms with van der Waals surface area (Å²) < 4.78 is 2.04. The van der Waals surface area contributed by atoms with E-state index >= 15 is 0 Å². The molecular weight excluding hydrogens is 164 g/mol. The molecule has 0 aromatic carbocycles. The molecule has 0 fully saturated rings. The average molecular weight is 178 g/mol. The molecule has 0 spiro atoms. The van der Waals surface area contributed by atoms with E-state index in [-0.39, 0.29) is 6.17 Å². The Morgan fingerprint density at radius 3 is 3.08 bits per heavy atom. The number of hydrogen-bond acceptors (Lipinski definition) is 3. The van der Waals surface area contributed by atoms with Crippen LogP contribution in [-0.2, 0) is 13.5 Å². The van der Waals surface area contributed by atoms with E-state index in [9.17, 15) is 0 Å². The van der Waals surface area contributed by atoms with Gasteiger partial charge in [0.1, 0.15) is 6.17 Å². The Morgan fingerprint density at radius 1 is 1.69 bits per heavy atom. The summed E-state index contributed by atoms with van der Waals surface area (Å²) in [4.78, 5) is 8.62. The standard InChI is InChI=1S/C9H14N4/c1-7-8(12-6-13(7)2)5-9-10-3-4-11-9/h3,6,9,11H,4-5H2,1-2H3. The van der Waals surface area contributed by atoms with Crippen molar-refractivity contribution in [3.63, 3.8) is 0 Å². The van der Waals surface area contributed by atoms with E-state index in [4.69, 9.17) is 0 Å². The molecule has 4 heteroatoms. The van der Waals surface area contributed by atoms with Crippen LogP contribution in [0.5, 0.6) is 0 Å². The molecule has 0 aliphatic carbocycles. The number of aromatic nitrogens is 2. The van der Waals surface area contributed by atoms with Crippen molar-refractivity contribution in [2.75, 3.05) is 6.54 Å². The lowest BCUT2D eigenvalue weighted by Crippen LogP contribution is -2.24. The van der Waals surface area contributed by atoms with Crippen LogP contribution < -0.4 is 5.32 Å². The van der Waals surface area contributed by atoms with Crippen molar-refractivity contribution >= 4 is 6.21 Å².